The molecule has 0 aliphatic carbocycles. The topological polar surface area (TPSA) is 71.1 Å². The molecule has 7 heteroatoms. The number of esters is 1. The highest BCUT2D eigenvalue weighted by atomic mass is 31.2. The van der Waals surface area contributed by atoms with Crippen LogP contribution in [0.5, 0.6) is 0 Å². The molecule has 0 N–H and O–H groups in total. The van der Waals surface area contributed by atoms with Crippen LogP contribution in [0.1, 0.15) is 65.2 Å². The van der Waals surface area contributed by atoms with E-state index in [1.165, 1.54) is 59.7 Å². The minimum absolute atomic E-state index is 0.123. The Balaban J connectivity index is 3.78. The maximum atomic E-state index is 11.7. The van der Waals surface area contributed by atoms with Gasteiger partial charge in [0, 0.05) is 14.2 Å². The highest BCUT2D eigenvalue weighted by molar-refractivity contribution is 7.48. The third-order valence-corrected chi connectivity index (χ3v) is 4.67. The number of allylic oxidation sites excluding steroid dienone is 1. The number of phosphoric acid groups is 1. The molecule has 0 aromatic heterocycles. The average Bonchev–Trinajstić information content (AvgIpc) is 2.53. The number of phosphoric ester groups is 1. The van der Waals surface area contributed by atoms with Gasteiger partial charge in [-0.15, -0.1) is 0 Å². The molecule has 0 aromatic carbocycles. The molecule has 0 saturated carbocycles. The smallest absolute Gasteiger partial charge is 0.462 e. The van der Waals surface area contributed by atoms with Crippen LogP contribution in [0.15, 0.2) is 11.8 Å². The fourth-order valence-corrected chi connectivity index (χ4v) is 2.67. The molecule has 0 fully saturated rings. The van der Waals surface area contributed by atoms with E-state index in [2.05, 4.69) is 16.0 Å². The maximum Gasteiger partial charge on any atom is 0.529 e. The van der Waals surface area contributed by atoms with Crippen LogP contribution in [0.2, 0.25) is 0 Å². The van der Waals surface area contributed by atoms with Gasteiger partial charge < -0.3 is 9.26 Å². The Labute approximate surface area is 140 Å². The van der Waals surface area contributed by atoms with Gasteiger partial charge in [-0.1, -0.05) is 51.9 Å². The summed E-state index contributed by atoms with van der Waals surface area (Å²) >= 11 is 0. The van der Waals surface area contributed by atoms with E-state index in [1.54, 1.807) is 0 Å². The predicted octanol–water partition coefficient (Wildman–Crippen LogP) is 4.99. The quantitative estimate of drug-likeness (QED) is 0.144. The Bertz CT molecular complexity index is 386. The summed E-state index contributed by atoms with van der Waals surface area (Å²) in [4.78, 5) is 11.6. The third kappa shape index (κ3) is 12.3. The van der Waals surface area contributed by atoms with E-state index < -0.39 is 13.8 Å². The van der Waals surface area contributed by atoms with E-state index in [9.17, 15) is 9.36 Å². The minimum Gasteiger partial charge on any atom is -0.462 e. The van der Waals surface area contributed by atoms with Gasteiger partial charge in [-0.3, -0.25) is 9.05 Å². The van der Waals surface area contributed by atoms with E-state index in [0.717, 1.165) is 18.9 Å². The highest BCUT2D eigenvalue weighted by Gasteiger charge is 2.24. The summed E-state index contributed by atoms with van der Waals surface area (Å²) in [6, 6.07) is 0. The van der Waals surface area contributed by atoms with Crippen LogP contribution in [0.4, 0.5) is 0 Å². The van der Waals surface area contributed by atoms with Gasteiger partial charge in [0.25, 0.3) is 0 Å². The van der Waals surface area contributed by atoms with Crippen LogP contribution in [-0.4, -0.2) is 26.8 Å². The van der Waals surface area contributed by atoms with Crippen molar-refractivity contribution in [1.29, 1.82) is 0 Å². The number of carbonyl (C=O) groups is 1. The first-order chi connectivity index (χ1) is 11.0. The summed E-state index contributed by atoms with van der Waals surface area (Å²) < 4.78 is 31.0. The molecular formula is C16H31O6P. The lowest BCUT2D eigenvalue weighted by atomic mass is 10.1. The molecule has 0 unspecified atom stereocenters. The summed E-state index contributed by atoms with van der Waals surface area (Å²) in [5.41, 5.74) is 0. The van der Waals surface area contributed by atoms with Gasteiger partial charge in [0.15, 0.2) is 0 Å². The van der Waals surface area contributed by atoms with Gasteiger partial charge in [0.1, 0.15) is 5.76 Å². The molecule has 6 nitrogen and oxygen atoms in total. The van der Waals surface area contributed by atoms with Crippen molar-refractivity contribution in [1.82, 2.24) is 0 Å². The van der Waals surface area contributed by atoms with Crippen LogP contribution in [0, 0.1) is 0 Å². The van der Waals surface area contributed by atoms with E-state index in [0.29, 0.717) is 6.61 Å². The van der Waals surface area contributed by atoms with Crippen LogP contribution < -0.4 is 0 Å². The number of rotatable bonds is 14. The zero-order valence-corrected chi connectivity index (χ0v) is 15.7. The SMILES string of the molecule is CCCCCCCCCCOC(=O)/C=C(/C)OP(=O)(OC)OC. The summed E-state index contributed by atoms with van der Waals surface area (Å²) in [6.07, 6.45) is 10.6. The number of ether oxygens (including phenoxy) is 1. The second-order valence-electron chi connectivity index (χ2n) is 5.30. The highest BCUT2D eigenvalue weighted by Crippen LogP contribution is 2.49. The summed E-state index contributed by atoms with van der Waals surface area (Å²) in [6.45, 7) is 4.07. The molecule has 136 valence electrons. The van der Waals surface area contributed by atoms with Crippen LogP contribution >= 0.6 is 7.82 Å². The molecule has 0 heterocycles. The van der Waals surface area contributed by atoms with Gasteiger partial charge in [0.2, 0.25) is 0 Å². The zero-order valence-electron chi connectivity index (χ0n) is 14.8. The second-order valence-corrected chi connectivity index (χ2v) is 7.11. The minimum atomic E-state index is -3.62. The molecule has 0 aromatic rings. The largest absolute Gasteiger partial charge is 0.529 e. The lowest BCUT2D eigenvalue weighted by Gasteiger charge is -2.14. The molecule has 0 spiro atoms. The third-order valence-electron chi connectivity index (χ3n) is 3.27. The summed E-state index contributed by atoms with van der Waals surface area (Å²) in [5.74, 6) is -0.401. The molecule has 0 radical (unpaired) electrons. The summed E-state index contributed by atoms with van der Waals surface area (Å²) in [7, 11) is -1.21. The van der Waals surface area contributed by atoms with Crippen LogP contribution in [0.25, 0.3) is 0 Å². The normalized spacial score (nSPS) is 12.3. The van der Waals surface area contributed by atoms with Gasteiger partial charge in [0.05, 0.1) is 12.7 Å². The molecule has 23 heavy (non-hydrogen) atoms. The van der Waals surface area contributed by atoms with Crippen molar-refractivity contribution in [3.63, 3.8) is 0 Å². The number of unbranched alkanes of at least 4 members (excludes halogenated alkanes) is 7. The zero-order chi connectivity index (χ0) is 17.6. The standard InChI is InChI=1S/C16H31O6P/c1-5-6-7-8-9-10-11-12-13-21-16(17)14-15(2)22-23(18,19-3)20-4/h14H,5-13H2,1-4H3/b15-14-. The van der Waals surface area contributed by atoms with Crippen molar-refractivity contribution in [2.24, 2.45) is 0 Å². The van der Waals surface area contributed by atoms with Gasteiger partial charge in [-0.05, 0) is 13.3 Å². The second kappa shape index (κ2) is 13.6. The van der Waals surface area contributed by atoms with E-state index in [-0.39, 0.29) is 5.76 Å². The van der Waals surface area contributed by atoms with Gasteiger partial charge in [-0.2, -0.15) is 0 Å². The first-order valence-corrected chi connectivity index (χ1v) is 9.69. The lowest BCUT2D eigenvalue weighted by Crippen LogP contribution is -2.04. The molecule has 0 bridgehead atoms. The van der Waals surface area contributed by atoms with Crippen molar-refractivity contribution < 1.29 is 27.7 Å². The number of carbonyl (C=O) groups excluding carboxylic acids is 1. The van der Waals surface area contributed by atoms with E-state index >= 15 is 0 Å². The van der Waals surface area contributed by atoms with Gasteiger partial charge >= 0.3 is 13.8 Å². The van der Waals surface area contributed by atoms with Crippen molar-refractivity contribution in [2.45, 2.75) is 65.2 Å². The van der Waals surface area contributed by atoms with E-state index in [4.69, 9.17) is 9.26 Å². The Morgan fingerprint density at radius 3 is 2.00 bits per heavy atom. The molecule has 0 aliphatic rings. The van der Waals surface area contributed by atoms with Crippen LogP contribution in [0.3, 0.4) is 0 Å². The Kier molecular flexibility index (Phi) is 13.1. The number of hydrogen-bond donors (Lipinski definition) is 0. The molecular weight excluding hydrogens is 319 g/mol. The Morgan fingerprint density at radius 1 is 0.957 bits per heavy atom. The first kappa shape index (κ1) is 22.2. The fourth-order valence-electron chi connectivity index (χ4n) is 1.97. The molecule has 0 saturated heterocycles. The van der Waals surface area contributed by atoms with Crippen molar-refractivity contribution >= 4 is 13.8 Å². The molecule has 0 aliphatic heterocycles. The van der Waals surface area contributed by atoms with Crippen molar-refractivity contribution in [3.05, 3.63) is 11.8 Å². The Morgan fingerprint density at radius 2 is 1.48 bits per heavy atom. The maximum absolute atomic E-state index is 11.7. The van der Waals surface area contributed by atoms with Crippen molar-refractivity contribution in [3.8, 4) is 0 Å². The predicted molar refractivity (Wildman–Crippen MR) is 90.0 cm³/mol. The average molecular weight is 350 g/mol. The van der Waals surface area contributed by atoms with Crippen molar-refractivity contribution in [2.75, 3.05) is 20.8 Å². The summed E-state index contributed by atoms with van der Waals surface area (Å²) in [5, 5.41) is 0. The van der Waals surface area contributed by atoms with E-state index in [1.807, 2.05) is 0 Å². The van der Waals surface area contributed by atoms with Crippen LogP contribution in [-0.2, 0) is 27.7 Å². The Hall–Kier alpha value is -0.840. The first-order valence-electron chi connectivity index (χ1n) is 8.23. The van der Waals surface area contributed by atoms with Gasteiger partial charge in [-0.25, -0.2) is 9.36 Å². The lowest BCUT2D eigenvalue weighted by molar-refractivity contribution is -0.138. The molecule has 0 amide bonds. The monoisotopic (exact) mass is 350 g/mol. The molecule has 0 atom stereocenters. The molecule has 0 rings (SSSR count). The number of hydrogen-bond acceptors (Lipinski definition) is 6. The fraction of sp³-hybridized carbons (Fsp3) is 0.812.